The molecule has 0 radical (unpaired) electrons. The van der Waals surface area contributed by atoms with Crippen molar-refractivity contribution in [2.75, 3.05) is 38.1 Å². The molecule has 3 rings (SSSR count). The van der Waals surface area contributed by atoms with E-state index in [0.29, 0.717) is 50.3 Å². The molecule has 1 amide bonds. The summed E-state index contributed by atoms with van der Waals surface area (Å²) >= 11 is 20.1. The number of halogens is 3. The Hall–Kier alpha value is -2.30. The van der Waals surface area contributed by atoms with Gasteiger partial charge >= 0.3 is 11.9 Å². The molecule has 0 aliphatic heterocycles. The third-order valence-corrected chi connectivity index (χ3v) is 7.71. The number of amides is 1. The minimum Gasteiger partial charge on any atom is -0.468 e. The van der Waals surface area contributed by atoms with E-state index in [4.69, 9.17) is 49.0 Å². The third kappa shape index (κ3) is 8.10. The first-order valence-corrected chi connectivity index (χ1v) is 13.9. The number of aromatic nitrogens is 1. The SMILES string of the molecule is COCCOC(=O)C1=C(C(=O)N(Cc2ccc(Cl)nc2)c2cc(SCC(=O)OC)c(Cl)cc2Cl)CCCC1. The van der Waals surface area contributed by atoms with Crippen molar-refractivity contribution in [3.8, 4) is 0 Å². The number of hydrogen-bond donors (Lipinski definition) is 0. The van der Waals surface area contributed by atoms with E-state index in [-0.39, 0.29) is 36.4 Å². The maximum absolute atomic E-state index is 14.1. The molecule has 1 aromatic carbocycles. The number of anilines is 1. The van der Waals surface area contributed by atoms with Crippen LogP contribution in [0.4, 0.5) is 5.69 Å². The highest BCUT2D eigenvalue weighted by Gasteiger charge is 2.30. The molecule has 0 N–H and O–H groups in total. The predicted molar refractivity (Wildman–Crippen MR) is 148 cm³/mol. The van der Waals surface area contributed by atoms with Gasteiger partial charge in [0.15, 0.2) is 0 Å². The van der Waals surface area contributed by atoms with Crippen molar-refractivity contribution >= 4 is 70.1 Å². The van der Waals surface area contributed by atoms with Crippen molar-refractivity contribution in [3.05, 3.63) is 62.4 Å². The smallest absolute Gasteiger partial charge is 0.334 e. The van der Waals surface area contributed by atoms with Crippen LogP contribution in [0.15, 0.2) is 46.5 Å². The van der Waals surface area contributed by atoms with E-state index < -0.39 is 11.9 Å². The first-order valence-electron chi connectivity index (χ1n) is 11.7. The number of esters is 2. The lowest BCUT2D eigenvalue weighted by Gasteiger charge is -2.28. The van der Waals surface area contributed by atoms with Gasteiger partial charge < -0.3 is 19.1 Å². The largest absolute Gasteiger partial charge is 0.468 e. The van der Waals surface area contributed by atoms with E-state index in [1.807, 2.05) is 0 Å². The highest BCUT2D eigenvalue weighted by molar-refractivity contribution is 8.00. The number of benzene rings is 1. The fraction of sp³-hybridized carbons (Fsp3) is 0.385. The average Bonchev–Trinajstić information content (AvgIpc) is 2.92. The first-order chi connectivity index (χ1) is 18.2. The molecule has 0 bridgehead atoms. The fourth-order valence-corrected chi connectivity index (χ4v) is 5.36. The summed E-state index contributed by atoms with van der Waals surface area (Å²) in [5.74, 6) is -1.32. The van der Waals surface area contributed by atoms with Gasteiger partial charge in [0.05, 0.1) is 41.7 Å². The summed E-state index contributed by atoms with van der Waals surface area (Å²) in [6, 6.07) is 6.55. The Morgan fingerprint density at radius 1 is 1.00 bits per heavy atom. The van der Waals surface area contributed by atoms with Gasteiger partial charge in [0.1, 0.15) is 11.8 Å². The standard InChI is InChI=1S/C26H27Cl3N2O6S/c1-35-9-10-37-26(34)18-6-4-3-5-17(18)25(33)31(14-16-7-8-23(29)30-13-16)21-12-22(20(28)11-19(21)27)38-15-24(32)36-2/h7-8,11-13H,3-6,9-10,14-15H2,1-2H3. The van der Waals surface area contributed by atoms with Gasteiger partial charge in [-0.3, -0.25) is 9.59 Å². The van der Waals surface area contributed by atoms with Gasteiger partial charge in [-0.1, -0.05) is 40.9 Å². The van der Waals surface area contributed by atoms with Crippen LogP contribution >= 0.6 is 46.6 Å². The second-order valence-corrected chi connectivity index (χ2v) is 10.5. The van der Waals surface area contributed by atoms with E-state index in [9.17, 15) is 14.4 Å². The molecule has 0 saturated carbocycles. The molecule has 2 aromatic rings. The van der Waals surface area contributed by atoms with Crippen molar-refractivity contribution in [1.29, 1.82) is 0 Å². The topological polar surface area (TPSA) is 95.0 Å². The molecular weight excluding hydrogens is 575 g/mol. The van der Waals surface area contributed by atoms with Gasteiger partial charge in [-0.25, -0.2) is 9.78 Å². The maximum atomic E-state index is 14.1. The minimum absolute atomic E-state index is 0.0228. The molecule has 1 heterocycles. The van der Waals surface area contributed by atoms with Crippen LogP contribution in [0, 0.1) is 0 Å². The van der Waals surface area contributed by atoms with E-state index in [1.54, 1.807) is 24.4 Å². The zero-order valence-corrected chi connectivity index (χ0v) is 24.0. The molecule has 0 saturated heterocycles. The summed E-state index contributed by atoms with van der Waals surface area (Å²) in [6.45, 7) is 0.440. The summed E-state index contributed by atoms with van der Waals surface area (Å²) in [4.78, 5) is 44.8. The predicted octanol–water partition coefficient (Wildman–Crippen LogP) is 5.90. The number of thioether (sulfide) groups is 1. The molecule has 0 spiro atoms. The average molecular weight is 602 g/mol. The molecule has 0 fully saturated rings. The van der Waals surface area contributed by atoms with Crippen LogP contribution in [-0.2, 0) is 35.1 Å². The lowest BCUT2D eigenvalue weighted by atomic mass is 9.90. The molecule has 38 heavy (non-hydrogen) atoms. The van der Waals surface area contributed by atoms with Crippen LogP contribution in [-0.4, -0.2) is 56.0 Å². The normalized spacial score (nSPS) is 13.3. The molecule has 12 heteroatoms. The lowest BCUT2D eigenvalue weighted by molar-refractivity contribution is -0.141. The van der Waals surface area contributed by atoms with Crippen LogP contribution in [0.3, 0.4) is 0 Å². The Labute approximate surface area is 240 Å². The Kier molecular flexibility index (Phi) is 11.7. The maximum Gasteiger partial charge on any atom is 0.334 e. The first kappa shape index (κ1) is 30.2. The van der Waals surface area contributed by atoms with Gasteiger partial charge in [0, 0.05) is 29.3 Å². The van der Waals surface area contributed by atoms with Crippen molar-refractivity contribution in [2.45, 2.75) is 37.1 Å². The Morgan fingerprint density at radius 2 is 1.74 bits per heavy atom. The molecule has 1 aliphatic rings. The second-order valence-electron chi connectivity index (χ2n) is 8.27. The summed E-state index contributed by atoms with van der Waals surface area (Å²) < 4.78 is 15.0. The van der Waals surface area contributed by atoms with Crippen LogP contribution in [0.5, 0.6) is 0 Å². The quantitative estimate of drug-likeness (QED) is 0.136. The van der Waals surface area contributed by atoms with Crippen LogP contribution < -0.4 is 4.90 Å². The number of pyridine rings is 1. The molecule has 1 aliphatic carbocycles. The number of rotatable bonds is 11. The van der Waals surface area contributed by atoms with Crippen molar-refractivity contribution < 1.29 is 28.6 Å². The van der Waals surface area contributed by atoms with Crippen molar-refractivity contribution in [2.24, 2.45) is 0 Å². The number of carbonyl (C=O) groups excluding carboxylic acids is 3. The number of methoxy groups -OCH3 is 2. The fourth-order valence-electron chi connectivity index (χ4n) is 3.81. The van der Waals surface area contributed by atoms with Crippen LogP contribution in [0.2, 0.25) is 15.2 Å². The Balaban J connectivity index is 2.05. The van der Waals surface area contributed by atoms with Crippen LogP contribution in [0.25, 0.3) is 0 Å². The van der Waals surface area contributed by atoms with Crippen molar-refractivity contribution in [1.82, 2.24) is 4.98 Å². The minimum atomic E-state index is -0.533. The van der Waals surface area contributed by atoms with Gasteiger partial charge in [-0.05, 0) is 49.4 Å². The Bertz CT molecular complexity index is 1210. The summed E-state index contributed by atoms with van der Waals surface area (Å²) in [7, 11) is 2.81. The number of hydrogen-bond acceptors (Lipinski definition) is 8. The molecule has 0 atom stereocenters. The van der Waals surface area contributed by atoms with Crippen LogP contribution in [0.1, 0.15) is 31.2 Å². The summed E-state index contributed by atoms with van der Waals surface area (Å²) in [6.07, 6.45) is 3.92. The van der Waals surface area contributed by atoms with Gasteiger partial charge in [-0.15, -0.1) is 11.8 Å². The molecule has 1 aromatic heterocycles. The molecule has 204 valence electrons. The summed E-state index contributed by atoms with van der Waals surface area (Å²) in [5.41, 5.74) is 1.78. The molecule has 0 unspecified atom stereocenters. The van der Waals surface area contributed by atoms with Gasteiger partial charge in [0.2, 0.25) is 0 Å². The number of nitrogens with zero attached hydrogens (tertiary/aromatic N) is 2. The van der Waals surface area contributed by atoms with Crippen molar-refractivity contribution in [3.63, 3.8) is 0 Å². The van der Waals surface area contributed by atoms with E-state index >= 15 is 0 Å². The summed E-state index contributed by atoms with van der Waals surface area (Å²) in [5, 5.41) is 0.870. The zero-order valence-electron chi connectivity index (χ0n) is 20.9. The van der Waals surface area contributed by atoms with E-state index in [0.717, 1.165) is 24.6 Å². The molecular formula is C26H27Cl3N2O6S. The lowest BCUT2D eigenvalue weighted by Crippen LogP contribution is -2.34. The molecule has 8 nitrogen and oxygen atoms in total. The zero-order chi connectivity index (χ0) is 27.7. The van der Waals surface area contributed by atoms with E-state index in [1.165, 1.54) is 25.2 Å². The highest BCUT2D eigenvalue weighted by atomic mass is 35.5. The monoisotopic (exact) mass is 600 g/mol. The van der Waals surface area contributed by atoms with E-state index in [2.05, 4.69) is 4.98 Å². The van der Waals surface area contributed by atoms with Gasteiger partial charge in [0.25, 0.3) is 5.91 Å². The Morgan fingerprint density at radius 3 is 2.39 bits per heavy atom. The number of carbonyl (C=O) groups is 3. The third-order valence-electron chi connectivity index (χ3n) is 5.73. The second kappa shape index (κ2) is 14.7. The number of ether oxygens (including phenoxy) is 3. The van der Waals surface area contributed by atoms with Gasteiger partial charge in [-0.2, -0.15) is 0 Å². The highest BCUT2D eigenvalue weighted by Crippen LogP contribution is 2.39.